The smallest absolute Gasteiger partial charge is 0.232 e. The number of nitrogens with zero attached hydrogens (tertiary/aromatic N) is 2. The van der Waals surface area contributed by atoms with E-state index < -0.39 is 0 Å². The molecule has 0 aliphatic heterocycles. The Balaban J connectivity index is 1.99. The molecule has 1 aromatic heterocycles. The lowest BCUT2D eigenvalue weighted by atomic mass is 10.2. The van der Waals surface area contributed by atoms with E-state index in [0.29, 0.717) is 42.5 Å². The van der Waals surface area contributed by atoms with Crippen LogP contribution in [0.2, 0.25) is 5.02 Å². The third-order valence-corrected chi connectivity index (χ3v) is 3.70. The molecule has 0 radical (unpaired) electrons. The summed E-state index contributed by atoms with van der Waals surface area (Å²) in [6.45, 7) is 5.56. The maximum absolute atomic E-state index is 6.22. The van der Waals surface area contributed by atoms with E-state index in [0.717, 1.165) is 16.8 Å². The summed E-state index contributed by atoms with van der Waals surface area (Å²) < 4.78 is 10.7. The van der Waals surface area contributed by atoms with Gasteiger partial charge in [-0.05, 0) is 23.6 Å². The number of ether oxygens (including phenoxy) is 2. The molecule has 26 heavy (non-hydrogen) atoms. The molecule has 0 unspecified atom stereocenters. The molecule has 0 saturated heterocycles. The van der Waals surface area contributed by atoms with Crippen molar-refractivity contribution < 1.29 is 9.47 Å². The largest absolute Gasteiger partial charge is 0.476 e. The predicted molar refractivity (Wildman–Crippen MR) is 106 cm³/mol. The number of nitrogens with two attached hydrogens (primary N) is 1. The Morgan fingerprint density at radius 2 is 2.12 bits per heavy atom. The van der Waals surface area contributed by atoms with Gasteiger partial charge in [-0.1, -0.05) is 43.6 Å². The fraction of sp³-hybridized carbons (Fsp3) is 0.368. The SMILES string of the molecule is COCc1ccccc1NC(N)=NCc1cnc(OCC(C)C)c(Cl)c1. The van der Waals surface area contributed by atoms with Crippen molar-refractivity contribution in [2.45, 2.75) is 27.0 Å². The standard InChI is InChI=1S/C19H25ClN4O2/c1-13(2)11-26-18-16(20)8-14(9-22-18)10-23-19(21)24-17-7-5-4-6-15(17)12-25-3/h4-9,13H,10-12H2,1-3H3,(H3,21,23,24). The molecule has 7 heteroatoms. The van der Waals surface area contributed by atoms with Crippen LogP contribution in [-0.2, 0) is 17.9 Å². The highest BCUT2D eigenvalue weighted by Gasteiger charge is 2.07. The van der Waals surface area contributed by atoms with Crippen molar-refractivity contribution in [1.29, 1.82) is 0 Å². The Kier molecular flexibility index (Phi) is 7.69. The fourth-order valence-corrected chi connectivity index (χ4v) is 2.42. The van der Waals surface area contributed by atoms with E-state index >= 15 is 0 Å². The summed E-state index contributed by atoms with van der Waals surface area (Å²) in [5.74, 6) is 1.15. The van der Waals surface area contributed by atoms with Gasteiger partial charge in [0.05, 0.1) is 19.8 Å². The number of halogens is 1. The van der Waals surface area contributed by atoms with Gasteiger partial charge >= 0.3 is 0 Å². The van der Waals surface area contributed by atoms with Crippen molar-refractivity contribution >= 4 is 23.2 Å². The van der Waals surface area contributed by atoms with Crippen molar-refractivity contribution in [3.63, 3.8) is 0 Å². The van der Waals surface area contributed by atoms with Crippen LogP contribution in [0.25, 0.3) is 0 Å². The van der Waals surface area contributed by atoms with Gasteiger partial charge in [-0.3, -0.25) is 0 Å². The molecule has 0 amide bonds. The van der Waals surface area contributed by atoms with E-state index in [1.165, 1.54) is 0 Å². The molecule has 3 N–H and O–H groups in total. The van der Waals surface area contributed by atoms with E-state index in [9.17, 15) is 0 Å². The first kappa shape index (κ1) is 20.0. The molecule has 0 aliphatic rings. The molecule has 2 rings (SSSR count). The molecule has 0 fully saturated rings. The molecular formula is C19H25ClN4O2. The Morgan fingerprint density at radius 1 is 1.35 bits per heavy atom. The van der Waals surface area contributed by atoms with Crippen LogP contribution >= 0.6 is 11.6 Å². The summed E-state index contributed by atoms with van der Waals surface area (Å²) in [4.78, 5) is 8.59. The van der Waals surface area contributed by atoms with E-state index in [-0.39, 0.29) is 0 Å². The molecule has 140 valence electrons. The minimum absolute atomic E-state index is 0.310. The minimum atomic E-state index is 0.310. The second-order valence-electron chi connectivity index (χ2n) is 6.25. The predicted octanol–water partition coefficient (Wildman–Crippen LogP) is 3.84. The van der Waals surface area contributed by atoms with Gasteiger partial charge in [-0.2, -0.15) is 0 Å². The Bertz CT molecular complexity index is 750. The molecule has 0 bridgehead atoms. The summed E-state index contributed by atoms with van der Waals surface area (Å²) in [6.07, 6.45) is 1.69. The minimum Gasteiger partial charge on any atom is -0.476 e. The topological polar surface area (TPSA) is 81.8 Å². The van der Waals surface area contributed by atoms with E-state index in [1.54, 1.807) is 19.4 Å². The summed E-state index contributed by atoms with van der Waals surface area (Å²) in [7, 11) is 1.65. The van der Waals surface area contributed by atoms with Crippen LogP contribution in [-0.4, -0.2) is 24.7 Å². The highest BCUT2D eigenvalue weighted by molar-refractivity contribution is 6.31. The summed E-state index contributed by atoms with van der Waals surface area (Å²) in [5.41, 5.74) is 8.71. The number of pyridine rings is 1. The van der Waals surface area contributed by atoms with Crippen molar-refractivity contribution in [3.8, 4) is 5.88 Å². The molecule has 2 aromatic rings. The highest BCUT2D eigenvalue weighted by atomic mass is 35.5. The van der Waals surface area contributed by atoms with Gasteiger partial charge in [0.1, 0.15) is 5.02 Å². The second kappa shape index (κ2) is 9.99. The number of benzene rings is 1. The number of aliphatic imine (C=N–C) groups is 1. The zero-order chi connectivity index (χ0) is 18.9. The first-order valence-corrected chi connectivity index (χ1v) is 8.78. The molecule has 0 saturated carbocycles. The van der Waals surface area contributed by atoms with Crippen LogP contribution < -0.4 is 15.8 Å². The number of guanidine groups is 1. The number of anilines is 1. The maximum Gasteiger partial charge on any atom is 0.232 e. The summed E-state index contributed by atoms with van der Waals surface area (Å²) in [6, 6.07) is 9.56. The van der Waals surface area contributed by atoms with Crippen LogP contribution in [0.1, 0.15) is 25.0 Å². The molecular weight excluding hydrogens is 352 g/mol. The number of rotatable bonds is 8. The molecule has 1 aromatic carbocycles. The van der Waals surface area contributed by atoms with E-state index in [2.05, 4.69) is 29.1 Å². The van der Waals surface area contributed by atoms with Gasteiger partial charge < -0.3 is 20.5 Å². The quantitative estimate of drug-likeness (QED) is 0.540. The van der Waals surface area contributed by atoms with Crippen LogP contribution in [0.4, 0.5) is 5.69 Å². The van der Waals surface area contributed by atoms with Gasteiger partial charge in [0.25, 0.3) is 0 Å². The third-order valence-electron chi connectivity index (χ3n) is 3.43. The molecule has 0 spiro atoms. The van der Waals surface area contributed by atoms with Crippen molar-refractivity contribution in [2.75, 3.05) is 19.0 Å². The maximum atomic E-state index is 6.22. The number of para-hydroxylation sites is 1. The van der Waals surface area contributed by atoms with Gasteiger partial charge in [0.15, 0.2) is 5.96 Å². The fourth-order valence-electron chi connectivity index (χ4n) is 2.18. The molecule has 6 nitrogen and oxygen atoms in total. The Morgan fingerprint density at radius 3 is 2.81 bits per heavy atom. The monoisotopic (exact) mass is 376 g/mol. The lowest BCUT2D eigenvalue weighted by Gasteiger charge is -2.11. The van der Waals surface area contributed by atoms with Crippen molar-refractivity contribution in [2.24, 2.45) is 16.6 Å². The molecule has 1 heterocycles. The first-order valence-electron chi connectivity index (χ1n) is 8.40. The van der Waals surface area contributed by atoms with Crippen LogP contribution in [0.5, 0.6) is 5.88 Å². The first-order chi connectivity index (χ1) is 12.5. The summed E-state index contributed by atoms with van der Waals surface area (Å²) in [5, 5.41) is 3.56. The van der Waals surface area contributed by atoms with E-state index in [4.69, 9.17) is 26.8 Å². The number of methoxy groups -OCH3 is 1. The van der Waals surface area contributed by atoms with Crippen molar-refractivity contribution in [1.82, 2.24) is 4.98 Å². The zero-order valence-electron chi connectivity index (χ0n) is 15.3. The Labute approximate surface area is 159 Å². The second-order valence-corrected chi connectivity index (χ2v) is 6.66. The van der Waals surface area contributed by atoms with Gasteiger partial charge in [0.2, 0.25) is 5.88 Å². The molecule has 0 aliphatic carbocycles. The van der Waals surface area contributed by atoms with Gasteiger partial charge in [-0.15, -0.1) is 0 Å². The number of hydrogen-bond acceptors (Lipinski definition) is 4. The lowest BCUT2D eigenvalue weighted by molar-refractivity contribution is 0.185. The van der Waals surface area contributed by atoms with Crippen molar-refractivity contribution in [3.05, 3.63) is 52.7 Å². The average molecular weight is 377 g/mol. The van der Waals surface area contributed by atoms with Crippen LogP contribution in [0.15, 0.2) is 41.5 Å². The van der Waals surface area contributed by atoms with E-state index in [1.807, 2.05) is 24.3 Å². The van der Waals surface area contributed by atoms with Gasteiger partial charge in [0, 0.05) is 24.6 Å². The van der Waals surface area contributed by atoms with Crippen LogP contribution in [0, 0.1) is 5.92 Å². The van der Waals surface area contributed by atoms with Crippen LogP contribution in [0.3, 0.4) is 0 Å². The average Bonchev–Trinajstić information content (AvgIpc) is 2.61. The highest BCUT2D eigenvalue weighted by Crippen LogP contribution is 2.23. The summed E-state index contributed by atoms with van der Waals surface area (Å²) >= 11 is 6.22. The normalized spacial score (nSPS) is 11.7. The lowest BCUT2D eigenvalue weighted by Crippen LogP contribution is -2.23. The molecule has 0 atom stereocenters. The zero-order valence-corrected chi connectivity index (χ0v) is 16.1. The number of nitrogens with one attached hydrogen (secondary N) is 1. The number of aromatic nitrogens is 1. The van der Waals surface area contributed by atoms with Gasteiger partial charge in [-0.25, -0.2) is 9.98 Å². The third kappa shape index (κ3) is 6.20. The number of hydrogen-bond donors (Lipinski definition) is 2. The Hall–Kier alpha value is -2.31.